The number of allylic oxidation sites excluding steroid dienone is 2. The molecule has 6 heteroatoms. The molecule has 19 heavy (non-hydrogen) atoms. The number of benzene rings is 1. The standard InChI is InChI=1S/C13H8Cl6/c14-9-10(15)12(17)8(7-4-2-1-3-5-7)6-11(9,16)13(12,18)19/h1-6,9-10H/t9-,10+,11-,12+/m1/s1. The van der Waals surface area contributed by atoms with Crippen molar-refractivity contribution in [1.29, 1.82) is 0 Å². The van der Waals surface area contributed by atoms with Crippen molar-refractivity contribution in [2.24, 2.45) is 0 Å². The molecular formula is C13H8Cl6. The van der Waals surface area contributed by atoms with Crippen LogP contribution in [0.2, 0.25) is 0 Å². The molecule has 2 aliphatic carbocycles. The van der Waals surface area contributed by atoms with Gasteiger partial charge < -0.3 is 0 Å². The summed E-state index contributed by atoms with van der Waals surface area (Å²) in [6, 6.07) is 9.52. The predicted octanol–water partition coefficient (Wildman–Crippen LogP) is 5.44. The molecule has 4 atom stereocenters. The van der Waals surface area contributed by atoms with E-state index in [2.05, 4.69) is 0 Å². The zero-order valence-corrected chi connectivity index (χ0v) is 13.9. The highest BCUT2D eigenvalue weighted by Crippen LogP contribution is 2.72. The largest absolute Gasteiger partial charge is 0.166 e. The van der Waals surface area contributed by atoms with Crippen LogP contribution in [-0.2, 0) is 0 Å². The zero-order valence-electron chi connectivity index (χ0n) is 9.39. The van der Waals surface area contributed by atoms with E-state index in [0.29, 0.717) is 0 Å². The van der Waals surface area contributed by atoms with Crippen LogP contribution in [-0.4, -0.2) is 24.8 Å². The van der Waals surface area contributed by atoms with Crippen LogP contribution in [0.1, 0.15) is 5.56 Å². The van der Waals surface area contributed by atoms with Gasteiger partial charge in [-0.05, 0) is 11.1 Å². The third-order valence-corrected chi connectivity index (χ3v) is 8.29. The van der Waals surface area contributed by atoms with E-state index >= 15 is 0 Å². The Hall–Kier alpha value is 0.700. The summed E-state index contributed by atoms with van der Waals surface area (Å²) < 4.78 is -1.47. The minimum atomic E-state index is -1.47. The Bertz CT molecular complexity index is 554. The van der Waals surface area contributed by atoms with Crippen molar-refractivity contribution in [3.8, 4) is 0 Å². The maximum Gasteiger partial charge on any atom is 0.166 e. The maximum atomic E-state index is 6.69. The summed E-state index contributed by atoms with van der Waals surface area (Å²) in [4.78, 5) is -2.40. The van der Waals surface area contributed by atoms with Gasteiger partial charge in [0.25, 0.3) is 0 Å². The molecule has 1 fully saturated rings. The number of hydrogen-bond donors (Lipinski definition) is 0. The van der Waals surface area contributed by atoms with Crippen molar-refractivity contribution in [2.75, 3.05) is 0 Å². The van der Waals surface area contributed by atoms with Crippen LogP contribution in [0, 0.1) is 0 Å². The normalized spacial score (nSPS) is 43.4. The molecule has 0 radical (unpaired) electrons. The van der Waals surface area contributed by atoms with Crippen LogP contribution in [0.5, 0.6) is 0 Å². The van der Waals surface area contributed by atoms with Crippen LogP contribution < -0.4 is 0 Å². The van der Waals surface area contributed by atoms with E-state index in [0.717, 1.165) is 11.1 Å². The Morgan fingerprint density at radius 2 is 1.42 bits per heavy atom. The van der Waals surface area contributed by atoms with Crippen molar-refractivity contribution >= 4 is 75.2 Å². The minimum Gasteiger partial charge on any atom is -0.119 e. The predicted molar refractivity (Wildman–Crippen MR) is 85.3 cm³/mol. The first-order valence-electron chi connectivity index (χ1n) is 5.59. The van der Waals surface area contributed by atoms with Crippen molar-refractivity contribution in [3.63, 3.8) is 0 Å². The molecule has 0 spiro atoms. The second kappa shape index (κ2) is 4.35. The van der Waals surface area contributed by atoms with E-state index < -0.39 is 24.8 Å². The fraction of sp³-hybridized carbons (Fsp3) is 0.385. The molecule has 2 aliphatic rings. The lowest BCUT2D eigenvalue weighted by Gasteiger charge is -2.33. The SMILES string of the molecule is Cl[C@@H]1[C@H](Cl)[C@@]2(Cl)C(c3ccccc3)=C[C@]1(Cl)C2(Cl)Cl. The van der Waals surface area contributed by atoms with Gasteiger partial charge in [-0.15, -0.1) is 46.4 Å². The quantitative estimate of drug-likeness (QED) is 0.572. The van der Waals surface area contributed by atoms with E-state index in [4.69, 9.17) is 69.6 Å². The second-order valence-corrected chi connectivity index (χ2v) is 8.27. The monoisotopic (exact) mass is 374 g/mol. The van der Waals surface area contributed by atoms with E-state index in [1.165, 1.54) is 0 Å². The summed E-state index contributed by atoms with van der Waals surface area (Å²) in [5.41, 5.74) is 1.62. The Balaban J connectivity index is 2.24. The van der Waals surface area contributed by atoms with Crippen LogP contribution in [0.15, 0.2) is 36.4 Å². The maximum absolute atomic E-state index is 6.69. The summed E-state index contributed by atoms with van der Waals surface area (Å²) in [6.07, 6.45) is 1.74. The van der Waals surface area contributed by atoms with E-state index in [1.807, 2.05) is 30.3 Å². The molecule has 0 saturated heterocycles. The lowest BCUT2D eigenvalue weighted by Crippen LogP contribution is -2.44. The lowest BCUT2D eigenvalue weighted by atomic mass is 9.90. The molecule has 0 aromatic heterocycles. The van der Waals surface area contributed by atoms with Crippen molar-refractivity contribution in [2.45, 2.75) is 24.8 Å². The molecule has 1 aromatic rings. The molecule has 0 nitrogen and oxygen atoms in total. The lowest BCUT2D eigenvalue weighted by molar-refractivity contribution is 0.698. The summed E-state index contributed by atoms with van der Waals surface area (Å²) in [5, 5.41) is -1.31. The molecule has 0 amide bonds. The first kappa shape index (κ1) is 14.6. The zero-order chi connectivity index (χ0) is 14.1. The molecule has 2 bridgehead atoms. The molecular weight excluding hydrogens is 369 g/mol. The molecule has 0 unspecified atom stereocenters. The summed E-state index contributed by atoms with van der Waals surface area (Å²) in [7, 11) is 0. The van der Waals surface area contributed by atoms with Gasteiger partial charge in [0.15, 0.2) is 4.33 Å². The fourth-order valence-electron chi connectivity index (χ4n) is 2.75. The van der Waals surface area contributed by atoms with Gasteiger partial charge >= 0.3 is 0 Å². The number of fused-ring (bicyclic) bond motifs is 2. The first-order valence-corrected chi connectivity index (χ1v) is 7.98. The van der Waals surface area contributed by atoms with Crippen LogP contribution in [0.25, 0.3) is 5.57 Å². The Morgan fingerprint density at radius 1 is 0.842 bits per heavy atom. The van der Waals surface area contributed by atoms with Crippen LogP contribution >= 0.6 is 69.6 Å². The second-order valence-electron chi connectivity index (χ2n) is 4.78. The molecule has 1 saturated carbocycles. The van der Waals surface area contributed by atoms with Gasteiger partial charge in [0.2, 0.25) is 0 Å². The van der Waals surface area contributed by atoms with E-state index in [1.54, 1.807) is 6.08 Å². The fourth-order valence-corrected chi connectivity index (χ4v) is 5.66. The molecule has 0 aliphatic heterocycles. The summed E-state index contributed by atoms with van der Waals surface area (Å²) in [6.45, 7) is 0. The van der Waals surface area contributed by atoms with Gasteiger partial charge in [0, 0.05) is 0 Å². The van der Waals surface area contributed by atoms with Gasteiger partial charge in [-0.25, -0.2) is 0 Å². The highest BCUT2D eigenvalue weighted by atomic mass is 35.5. The van der Waals surface area contributed by atoms with Gasteiger partial charge in [0.1, 0.15) is 9.75 Å². The third-order valence-electron chi connectivity index (χ3n) is 3.81. The van der Waals surface area contributed by atoms with Crippen molar-refractivity contribution in [1.82, 2.24) is 0 Å². The summed E-state index contributed by atoms with van der Waals surface area (Å²) in [5.74, 6) is 0. The topological polar surface area (TPSA) is 0 Å². The van der Waals surface area contributed by atoms with Crippen LogP contribution in [0.4, 0.5) is 0 Å². The Kier molecular flexibility index (Phi) is 3.35. The average Bonchev–Trinajstić information content (AvgIpc) is 2.62. The van der Waals surface area contributed by atoms with Crippen molar-refractivity contribution < 1.29 is 0 Å². The highest BCUT2D eigenvalue weighted by Gasteiger charge is 2.79. The molecule has 1 aromatic carbocycles. The molecule has 0 N–H and O–H groups in total. The molecule has 0 heterocycles. The average molecular weight is 377 g/mol. The van der Waals surface area contributed by atoms with Gasteiger partial charge in [0.05, 0.1) is 10.8 Å². The minimum absolute atomic E-state index is 0.643. The number of hydrogen-bond acceptors (Lipinski definition) is 0. The van der Waals surface area contributed by atoms with E-state index in [-0.39, 0.29) is 0 Å². The number of rotatable bonds is 1. The first-order chi connectivity index (χ1) is 8.77. The van der Waals surface area contributed by atoms with Gasteiger partial charge in [-0.3, -0.25) is 0 Å². The van der Waals surface area contributed by atoms with Crippen molar-refractivity contribution in [3.05, 3.63) is 42.0 Å². The van der Waals surface area contributed by atoms with Gasteiger partial charge in [-0.1, -0.05) is 59.6 Å². The highest BCUT2D eigenvalue weighted by molar-refractivity contribution is 6.65. The third kappa shape index (κ3) is 1.57. The van der Waals surface area contributed by atoms with E-state index in [9.17, 15) is 0 Å². The number of alkyl halides is 6. The Morgan fingerprint density at radius 3 is 1.89 bits per heavy atom. The summed E-state index contributed by atoms with van der Waals surface area (Å²) >= 11 is 38.7. The smallest absolute Gasteiger partial charge is 0.119 e. The Labute approximate surface area is 141 Å². The van der Waals surface area contributed by atoms with Crippen LogP contribution in [0.3, 0.4) is 0 Å². The molecule has 3 rings (SSSR count). The number of halogens is 6. The molecule has 102 valence electrons. The van der Waals surface area contributed by atoms with Gasteiger partial charge in [-0.2, -0.15) is 0 Å².